The first kappa shape index (κ1) is 17.0. The molecule has 0 bridgehead atoms. The zero-order valence-electron chi connectivity index (χ0n) is 11.5. The highest BCUT2D eigenvalue weighted by Gasteiger charge is 2.31. The van der Waals surface area contributed by atoms with Crippen LogP contribution in [0.1, 0.15) is 0 Å². The largest absolute Gasteiger partial charge is 0.756 e. The average molecular weight is 269 g/mol. The van der Waals surface area contributed by atoms with Gasteiger partial charge in [-0.1, -0.05) is 0 Å². The molecule has 0 aliphatic carbocycles. The zero-order chi connectivity index (χ0) is 13.6. The number of rotatable bonds is 3. The predicted molar refractivity (Wildman–Crippen MR) is 63.5 cm³/mol. The van der Waals surface area contributed by atoms with Gasteiger partial charge in [-0.25, -0.2) is 9.80 Å². The Kier molecular flexibility index (Phi) is 7.43. The van der Waals surface area contributed by atoms with Crippen molar-refractivity contribution in [3.05, 3.63) is 0 Å². The van der Waals surface area contributed by atoms with E-state index in [4.69, 9.17) is 0 Å². The fraction of sp³-hybridized carbons (Fsp3) is 1.00. The number of quaternary nitrogens is 1. The van der Waals surface area contributed by atoms with Crippen molar-refractivity contribution in [2.24, 2.45) is 0 Å². The Morgan fingerprint density at radius 2 is 1.88 bits per heavy atom. The molecule has 0 radical (unpaired) electrons. The lowest BCUT2D eigenvalue weighted by atomic mass is 10.6. The number of phosphoric acid groups is 1. The third kappa shape index (κ3) is 5.92. The minimum atomic E-state index is -3.90. The maximum atomic E-state index is 9.95. The Balaban J connectivity index is 0.000000325. The first-order valence-electron chi connectivity index (χ1n) is 5.36. The van der Waals surface area contributed by atoms with Crippen molar-refractivity contribution in [3.63, 3.8) is 0 Å². The molecule has 2 unspecified atom stereocenters. The molecule has 0 saturated carbocycles. The van der Waals surface area contributed by atoms with E-state index >= 15 is 0 Å². The average Bonchev–Trinajstić information content (AvgIpc) is 2.59. The van der Waals surface area contributed by atoms with Gasteiger partial charge in [-0.3, -0.25) is 4.57 Å². The molecule has 1 fully saturated rings. The summed E-state index contributed by atoms with van der Waals surface area (Å²) in [6, 6.07) is 0. The van der Waals surface area contributed by atoms with Gasteiger partial charge in [-0.05, 0) is 21.1 Å². The summed E-state index contributed by atoms with van der Waals surface area (Å²) in [4.78, 5) is 16.2. The molecule has 1 rings (SSSR count). The van der Waals surface area contributed by atoms with Crippen LogP contribution in [-0.2, 0) is 13.6 Å². The van der Waals surface area contributed by atoms with E-state index in [0.717, 1.165) is 14.2 Å². The molecular formula is C9H24N3O4P. The highest BCUT2D eigenvalue weighted by atomic mass is 31.2. The quantitative estimate of drug-likeness (QED) is 0.600. The van der Waals surface area contributed by atoms with Crippen LogP contribution in [0.3, 0.4) is 0 Å². The first-order chi connectivity index (χ1) is 7.75. The van der Waals surface area contributed by atoms with E-state index in [2.05, 4.69) is 47.0 Å². The molecule has 7 nitrogen and oxygen atoms in total. The van der Waals surface area contributed by atoms with E-state index < -0.39 is 7.82 Å². The van der Waals surface area contributed by atoms with Crippen molar-refractivity contribution in [2.45, 2.75) is 6.29 Å². The van der Waals surface area contributed by atoms with Crippen molar-refractivity contribution >= 4 is 7.82 Å². The topological polar surface area (TPSA) is 69.5 Å². The molecule has 0 aromatic carbocycles. The molecule has 1 aliphatic rings. The fourth-order valence-corrected chi connectivity index (χ4v) is 2.04. The summed E-state index contributed by atoms with van der Waals surface area (Å²) in [6.07, 6.45) is 0.583. The maximum Gasteiger partial charge on any atom is 0.267 e. The summed E-state index contributed by atoms with van der Waals surface area (Å²) < 4.78 is 17.7. The summed E-state index contributed by atoms with van der Waals surface area (Å²) in [7, 11) is 6.87. The van der Waals surface area contributed by atoms with Gasteiger partial charge in [-0.15, -0.1) is 0 Å². The van der Waals surface area contributed by atoms with Crippen molar-refractivity contribution < 1.29 is 23.4 Å². The van der Waals surface area contributed by atoms with Crippen molar-refractivity contribution in [1.82, 2.24) is 9.80 Å². The van der Waals surface area contributed by atoms with Gasteiger partial charge in [0.1, 0.15) is 0 Å². The van der Waals surface area contributed by atoms with Crippen molar-refractivity contribution in [3.8, 4) is 0 Å². The number of phosphoric ester groups is 1. The van der Waals surface area contributed by atoms with Crippen molar-refractivity contribution in [1.29, 1.82) is 0 Å². The standard InChI is InChI=1S/C7H17N3.C2H7O4P/c1-8(2)7-9(3)5-6-10(7)4;1-5-7(3,4)6-2/h7H,5-6H2,1-4H3;1-2H3,(H,3,4). The number of hydrogen-bond acceptors (Lipinski definition) is 6. The second kappa shape index (κ2) is 7.43. The van der Waals surface area contributed by atoms with Crippen LogP contribution >= 0.6 is 7.82 Å². The van der Waals surface area contributed by atoms with Crippen LogP contribution in [0.25, 0.3) is 0 Å². The minimum absolute atomic E-state index is 0.583. The first-order valence-corrected chi connectivity index (χ1v) is 6.82. The van der Waals surface area contributed by atoms with Crippen LogP contribution in [0, 0.1) is 0 Å². The highest BCUT2D eigenvalue weighted by molar-refractivity contribution is 7.45. The van der Waals surface area contributed by atoms with Crippen LogP contribution in [0.15, 0.2) is 0 Å². The van der Waals surface area contributed by atoms with Crippen LogP contribution in [0.5, 0.6) is 0 Å². The molecule has 2 atom stereocenters. The molecule has 1 saturated heterocycles. The van der Waals surface area contributed by atoms with Gasteiger partial charge in [-0.2, -0.15) is 0 Å². The van der Waals surface area contributed by atoms with Gasteiger partial charge in [0.05, 0.1) is 20.1 Å². The van der Waals surface area contributed by atoms with Crippen LogP contribution < -0.4 is 9.79 Å². The monoisotopic (exact) mass is 269 g/mol. The minimum Gasteiger partial charge on any atom is -0.756 e. The van der Waals surface area contributed by atoms with E-state index in [9.17, 15) is 9.46 Å². The van der Waals surface area contributed by atoms with E-state index in [1.807, 2.05) is 0 Å². The molecule has 17 heavy (non-hydrogen) atoms. The van der Waals surface area contributed by atoms with Crippen LogP contribution in [0.2, 0.25) is 0 Å². The fourth-order valence-electron chi connectivity index (χ4n) is 1.89. The SMILES string of the molecule is CN(C)C1N(C)CC[NH+]1C.COP(=O)([O-])OC. The number of hydrogen-bond donors (Lipinski definition) is 1. The Morgan fingerprint density at radius 1 is 1.41 bits per heavy atom. The normalized spacial score (nSPS) is 25.9. The zero-order valence-corrected chi connectivity index (χ0v) is 12.4. The van der Waals surface area contributed by atoms with E-state index in [1.54, 1.807) is 4.90 Å². The number of nitrogens with zero attached hydrogens (tertiary/aromatic N) is 2. The van der Waals surface area contributed by atoms with E-state index in [0.29, 0.717) is 6.29 Å². The third-order valence-electron chi connectivity index (χ3n) is 2.65. The Labute approximate surface area is 104 Å². The molecular weight excluding hydrogens is 245 g/mol. The second-order valence-corrected chi connectivity index (χ2v) is 5.85. The highest BCUT2D eigenvalue weighted by Crippen LogP contribution is 2.34. The Bertz CT molecular complexity index is 247. The molecule has 0 amide bonds. The van der Waals surface area contributed by atoms with Crippen LogP contribution in [0.4, 0.5) is 0 Å². The summed E-state index contributed by atoms with van der Waals surface area (Å²) in [5.74, 6) is 0. The molecule has 0 spiro atoms. The van der Waals surface area contributed by atoms with Gasteiger partial charge < -0.3 is 18.8 Å². The molecule has 1 N–H and O–H groups in total. The molecule has 8 heteroatoms. The Hall–Kier alpha value is -0.0100. The predicted octanol–water partition coefficient (Wildman–Crippen LogP) is -1.96. The summed E-state index contributed by atoms with van der Waals surface area (Å²) >= 11 is 0. The van der Waals surface area contributed by atoms with E-state index in [1.165, 1.54) is 13.1 Å². The second-order valence-electron chi connectivity index (χ2n) is 4.23. The smallest absolute Gasteiger partial charge is 0.267 e. The van der Waals surface area contributed by atoms with Crippen molar-refractivity contribution in [2.75, 3.05) is 55.5 Å². The van der Waals surface area contributed by atoms with E-state index in [-0.39, 0.29) is 0 Å². The van der Waals surface area contributed by atoms with Gasteiger partial charge in [0.2, 0.25) is 6.29 Å². The van der Waals surface area contributed by atoms with Gasteiger partial charge in [0, 0.05) is 14.2 Å². The summed E-state index contributed by atoms with van der Waals surface area (Å²) in [5.41, 5.74) is 0. The van der Waals surface area contributed by atoms with Gasteiger partial charge in [0.15, 0.2) is 0 Å². The Morgan fingerprint density at radius 3 is 2.00 bits per heavy atom. The molecule has 1 aliphatic heterocycles. The number of nitrogens with one attached hydrogen (secondary N) is 1. The molecule has 1 heterocycles. The third-order valence-corrected chi connectivity index (χ3v) is 3.55. The number of likely N-dealkylation sites (N-methyl/N-ethyl adjacent to an activating group) is 2. The molecule has 0 aromatic heterocycles. The lowest BCUT2D eigenvalue weighted by molar-refractivity contribution is -0.910. The maximum absolute atomic E-state index is 9.95. The van der Waals surface area contributed by atoms with Gasteiger partial charge in [0.25, 0.3) is 7.82 Å². The summed E-state index contributed by atoms with van der Waals surface area (Å²) in [6.45, 7) is 2.48. The molecule has 104 valence electrons. The lowest BCUT2D eigenvalue weighted by Crippen LogP contribution is -3.13. The van der Waals surface area contributed by atoms with Crippen LogP contribution in [-0.4, -0.2) is 71.6 Å². The van der Waals surface area contributed by atoms with Gasteiger partial charge >= 0.3 is 0 Å². The lowest BCUT2D eigenvalue weighted by Gasteiger charge is -2.27. The summed E-state index contributed by atoms with van der Waals surface area (Å²) in [5, 5.41) is 0. The molecule has 0 aromatic rings.